The van der Waals surface area contributed by atoms with Crippen LogP contribution in [0.1, 0.15) is 41.0 Å². The molecule has 0 bridgehead atoms. The van der Waals surface area contributed by atoms with Gasteiger partial charge in [0.15, 0.2) is 0 Å². The van der Waals surface area contributed by atoms with Gasteiger partial charge in [-0.05, 0) is 45.3 Å². The van der Waals surface area contributed by atoms with E-state index in [-0.39, 0.29) is 0 Å². The summed E-state index contributed by atoms with van der Waals surface area (Å²) in [5.41, 5.74) is 4.18. The highest BCUT2D eigenvalue weighted by atomic mass is 14.8. The van der Waals surface area contributed by atoms with E-state index in [0.29, 0.717) is 0 Å². The van der Waals surface area contributed by atoms with Gasteiger partial charge in [-0.25, -0.2) is 0 Å². The lowest BCUT2D eigenvalue weighted by atomic mass is 10.1. The minimum atomic E-state index is 0.929. The fourth-order valence-electron chi connectivity index (χ4n) is 1.35. The Hall–Kier alpha value is -1.70. The maximum Gasteiger partial charge on any atom is 0.0584 e. The normalized spacial score (nSPS) is 15.4. The predicted octanol–water partition coefficient (Wildman–Crippen LogP) is 4.87. The molecule has 18 heavy (non-hydrogen) atoms. The Labute approximate surface area is 111 Å². The van der Waals surface area contributed by atoms with Gasteiger partial charge >= 0.3 is 0 Å². The standard InChI is InChI=1S/C16H24N2/c1-7-11-17-13(5)14(6)18-12-16(10-4)15(8-2)9-3/h7-9,11-12H,2,10H2,1,3-6H3/b11-7-,15-9+,16-12+,17-13?,18-14?. The van der Waals surface area contributed by atoms with Crippen molar-refractivity contribution in [3.63, 3.8) is 0 Å². The van der Waals surface area contributed by atoms with Gasteiger partial charge in [0.2, 0.25) is 0 Å². The predicted molar refractivity (Wildman–Crippen MR) is 83.4 cm³/mol. The molecule has 98 valence electrons. The van der Waals surface area contributed by atoms with Crippen LogP contribution in [-0.4, -0.2) is 11.4 Å². The zero-order chi connectivity index (χ0) is 14.0. The van der Waals surface area contributed by atoms with Crippen LogP contribution in [0.15, 0.2) is 58.3 Å². The van der Waals surface area contributed by atoms with Crippen molar-refractivity contribution >= 4 is 11.4 Å². The van der Waals surface area contributed by atoms with Crippen LogP contribution >= 0.6 is 0 Å². The number of allylic oxidation sites excluding steroid dienone is 5. The first-order valence-corrected chi connectivity index (χ1v) is 6.29. The van der Waals surface area contributed by atoms with Gasteiger partial charge < -0.3 is 0 Å². The Bertz CT molecular complexity index is 418. The van der Waals surface area contributed by atoms with Gasteiger partial charge in [0.25, 0.3) is 0 Å². The van der Waals surface area contributed by atoms with Crippen molar-refractivity contribution in [2.45, 2.75) is 41.0 Å². The van der Waals surface area contributed by atoms with E-state index < -0.39 is 0 Å². The monoisotopic (exact) mass is 244 g/mol. The molecule has 0 amide bonds. The van der Waals surface area contributed by atoms with E-state index in [2.05, 4.69) is 23.5 Å². The molecular formula is C16H24N2. The minimum Gasteiger partial charge on any atom is -0.260 e. The highest BCUT2D eigenvalue weighted by molar-refractivity contribution is 6.40. The molecule has 2 nitrogen and oxygen atoms in total. The third-order valence-electron chi connectivity index (χ3n) is 2.64. The van der Waals surface area contributed by atoms with Crippen LogP contribution in [0.4, 0.5) is 0 Å². The molecule has 0 fully saturated rings. The molecule has 0 saturated heterocycles. The summed E-state index contributed by atoms with van der Waals surface area (Å²) in [4.78, 5) is 8.74. The first-order valence-electron chi connectivity index (χ1n) is 6.29. The summed E-state index contributed by atoms with van der Waals surface area (Å²) in [5.74, 6) is 0. The van der Waals surface area contributed by atoms with Gasteiger partial charge in [0, 0.05) is 12.4 Å². The van der Waals surface area contributed by atoms with Crippen LogP contribution in [0.3, 0.4) is 0 Å². The summed E-state index contributed by atoms with van der Waals surface area (Å²) < 4.78 is 0. The molecule has 0 aliphatic carbocycles. The van der Waals surface area contributed by atoms with Crippen LogP contribution in [0.5, 0.6) is 0 Å². The third kappa shape index (κ3) is 5.58. The largest absolute Gasteiger partial charge is 0.260 e. The molecule has 0 heterocycles. The number of rotatable bonds is 6. The lowest BCUT2D eigenvalue weighted by Crippen LogP contribution is -2.04. The second-order valence-electron chi connectivity index (χ2n) is 3.87. The topological polar surface area (TPSA) is 24.7 Å². The highest BCUT2D eigenvalue weighted by Gasteiger charge is 1.98. The SMILES string of the molecule is C=CC(=C\C)/C(=C/N=C(C)C(C)=N/C=C\C)CC. The van der Waals surface area contributed by atoms with Gasteiger partial charge in [0.1, 0.15) is 0 Å². The van der Waals surface area contributed by atoms with Crippen molar-refractivity contribution < 1.29 is 0 Å². The second-order valence-corrected chi connectivity index (χ2v) is 3.87. The maximum atomic E-state index is 4.47. The molecule has 0 spiro atoms. The van der Waals surface area contributed by atoms with E-state index in [9.17, 15) is 0 Å². The van der Waals surface area contributed by atoms with E-state index in [1.807, 2.05) is 52.1 Å². The molecule has 0 aromatic rings. The minimum absolute atomic E-state index is 0.929. The molecule has 0 aromatic carbocycles. The van der Waals surface area contributed by atoms with Gasteiger partial charge in [-0.1, -0.05) is 31.7 Å². The molecule has 2 heteroatoms. The average molecular weight is 244 g/mol. The molecule has 0 atom stereocenters. The quantitative estimate of drug-likeness (QED) is 0.470. The summed E-state index contributed by atoms with van der Waals surface area (Å²) in [6.45, 7) is 13.8. The summed E-state index contributed by atoms with van der Waals surface area (Å²) >= 11 is 0. The van der Waals surface area contributed by atoms with Crippen LogP contribution in [0, 0.1) is 0 Å². The third-order valence-corrected chi connectivity index (χ3v) is 2.64. The maximum absolute atomic E-state index is 4.47. The summed E-state index contributed by atoms with van der Waals surface area (Å²) in [7, 11) is 0. The highest BCUT2D eigenvalue weighted by Crippen LogP contribution is 2.14. The average Bonchev–Trinajstić information content (AvgIpc) is 2.40. The Kier molecular flexibility index (Phi) is 8.46. The van der Waals surface area contributed by atoms with Crippen LogP contribution in [0.2, 0.25) is 0 Å². The van der Waals surface area contributed by atoms with Gasteiger partial charge in [-0.15, -0.1) is 0 Å². The van der Waals surface area contributed by atoms with Gasteiger partial charge in [-0.3, -0.25) is 9.98 Å². The van der Waals surface area contributed by atoms with Crippen molar-refractivity contribution in [2.75, 3.05) is 0 Å². The van der Waals surface area contributed by atoms with E-state index >= 15 is 0 Å². The molecular weight excluding hydrogens is 220 g/mol. The molecule has 0 saturated carbocycles. The van der Waals surface area contributed by atoms with Crippen molar-refractivity contribution in [1.29, 1.82) is 0 Å². The second kappa shape index (κ2) is 9.34. The number of hydrogen-bond acceptors (Lipinski definition) is 2. The number of nitrogens with zero attached hydrogens (tertiary/aromatic N) is 2. The van der Waals surface area contributed by atoms with E-state index in [0.717, 1.165) is 23.4 Å². The zero-order valence-corrected chi connectivity index (χ0v) is 12.2. The van der Waals surface area contributed by atoms with Crippen molar-refractivity contribution in [3.8, 4) is 0 Å². The Morgan fingerprint density at radius 2 is 1.72 bits per heavy atom. The molecule has 0 aliphatic rings. The smallest absolute Gasteiger partial charge is 0.0584 e. The molecule has 0 unspecified atom stereocenters. The van der Waals surface area contributed by atoms with Crippen molar-refractivity contribution in [3.05, 3.63) is 48.4 Å². The Morgan fingerprint density at radius 1 is 1.11 bits per heavy atom. The molecule has 0 aliphatic heterocycles. The Morgan fingerprint density at radius 3 is 2.17 bits per heavy atom. The summed E-state index contributed by atoms with van der Waals surface area (Å²) in [5, 5.41) is 0. The number of aliphatic imine (C=N–C) groups is 2. The Balaban J connectivity index is 5.12. The van der Waals surface area contributed by atoms with E-state index in [1.54, 1.807) is 6.20 Å². The van der Waals surface area contributed by atoms with E-state index in [4.69, 9.17) is 0 Å². The zero-order valence-electron chi connectivity index (χ0n) is 12.2. The van der Waals surface area contributed by atoms with Crippen molar-refractivity contribution in [2.24, 2.45) is 9.98 Å². The first kappa shape index (κ1) is 16.3. The first-order chi connectivity index (χ1) is 8.60. The molecule has 0 aromatic heterocycles. The van der Waals surface area contributed by atoms with Crippen molar-refractivity contribution in [1.82, 2.24) is 0 Å². The van der Waals surface area contributed by atoms with Gasteiger partial charge in [0.05, 0.1) is 11.4 Å². The fraction of sp³-hybridized carbons (Fsp3) is 0.375. The fourth-order valence-corrected chi connectivity index (χ4v) is 1.35. The van der Waals surface area contributed by atoms with E-state index in [1.165, 1.54) is 5.57 Å². The lowest BCUT2D eigenvalue weighted by Gasteiger charge is -2.04. The van der Waals surface area contributed by atoms with Crippen LogP contribution in [-0.2, 0) is 0 Å². The lowest BCUT2D eigenvalue weighted by molar-refractivity contribution is 1.11. The summed E-state index contributed by atoms with van der Waals surface area (Å²) in [6.07, 6.45) is 10.4. The molecule has 0 rings (SSSR count). The van der Waals surface area contributed by atoms with Crippen LogP contribution < -0.4 is 0 Å². The van der Waals surface area contributed by atoms with Crippen LogP contribution in [0.25, 0.3) is 0 Å². The molecule has 0 radical (unpaired) electrons. The number of hydrogen-bond donors (Lipinski definition) is 0. The molecule has 0 N–H and O–H groups in total. The summed E-state index contributed by atoms with van der Waals surface area (Å²) in [6, 6.07) is 0. The van der Waals surface area contributed by atoms with Gasteiger partial charge in [-0.2, -0.15) is 0 Å².